The summed E-state index contributed by atoms with van der Waals surface area (Å²) in [6.45, 7) is 9.51. The lowest BCUT2D eigenvalue weighted by Crippen LogP contribution is -2.26. The average Bonchev–Trinajstić information content (AvgIpc) is 2.61. The second-order valence-corrected chi connectivity index (χ2v) is 5.92. The van der Waals surface area contributed by atoms with Crippen LogP contribution in [-0.2, 0) is 9.53 Å². The molecule has 0 aromatic rings. The second kappa shape index (κ2) is 30.8. The molecular weight excluding hydrogens is 344 g/mol. The number of allylic oxidation sites excluding steroid dienone is 1. The third kappa shape index (κ3) is 33.5. The van der Waals surface area contributed by atoms with Crippen molar-refractivity contribution < 1.29 is 17.5 Å². The van der Waals surface area contributed by atoms with Crippen molar-refractivity contribution in [3.05, 3.63) is 12.2 Å². The highest BCUT2D eigenvalue weighted by Crippen LogP contribution is 2.00. The van der Waals surface area contributed by atoms with Crippen LogP contribution in [0.2, 0.25) is 0 Å². The fourth-order valence-electron chi connectivity index (χ4n) is 1.29. The van der Waals surface area contributed by atoms with Crippen molar-refractivity contribution in [1.82, 2.24) is 10.6 Å². The molecule has 0 aromatic carbocycles. The summed E-state index contributed by atoms with van der Waals surface area (Å²) in [5.41, 5.74) is 0. The Labute approximate surface area is 161 Å². The lowest BCUT2D eigenvalue weighted by molar-refractivity contribution is -0.118. The van der Waals surface area contributed by atoms with Gasteiger partial charge in [0, 0.05) is 34.7 Å². The van der Waals surface area contributed by atoms with Crippen LogP contribution in [0.3, 0.4) is 0 Å². The van der Waals surface area contributed by atoms with Gasteiger partial charge in [0.25, 0.3) is 0 Å². The molecule has 0 saturated carbocycles. The van der Waals surface area contributed by atoms with Gasteiger partial charge in [0.1, 0.15) is 5.78 Å². The van der Waals surface area contributed by atoms with Gasteiger partial charge in [-0.05, 0) is 26.8 Å². The molecule has 0 aliphatic heterocycles. The predicted molar refractivity (Wildman–Crippen MR) is 115 cm³/mol. The van der Waals surface area contributed by atoms with Crippen molar-refractivity contribution in [2.24, 2.45) is 0 Å². The molecule has 5 nitrogen and oxygen atoms in total. The topological polar surface area (TPSA) is 70.6 Å². The highest BCUT2D eigenvalue weighted by atomic mass is 33.1. The average molecular weight is 387 g/mol. The smallest absolute Gasteiger partial charge is 0.146 e. The number of aliphatic hydroxyl groups is 1. The Morgan fingerprint density at radius 3 is 2.54 bits per heavy atom. The zero-order chi connectivity index (χ0) is 18.9. The fourth-order valence-corrected chi connectivity index (χ4v) is 1.86. The van der Waals surface area contributed by atoms with Crippen LogP contribution in [0.5, 0.6) is 0 Å². The van der Waals surface area contributed by atoms with Crippen molar-refractivity contribution in [1.29, 1.82) is 0 Å². The molecule has 7 heteroatoms. The maximum atomic E-state index is 11.3. The molecule has 0 saturated heterocycles. The molecule has 0 aromatic heterocycles. The number of carbonyl (C=O) groups excluding carboxylic acids is 1. The van der Waals surface area contributed by atoms with E-state index in [-0.39, 0.29) is 15.2 Å². The molecule has 3 N–H and O–H groups in total. The Bertz CT molecular complexity index is 262. The van der Waals surface area contributed by atoms with E-state index < -0.39 is 0 Å². The summed E-state index contributed by atoms with van der Waals surface area (Å²) >= 11 is 3.93. The molecule has 24 heavy (non-hydrogen) atoms. The van der Waals surface area contributed by atoms with E-state index >= 15 is 0 Å². The highest BCUT2D eigenvalue weighted by Gasteiger charge is 2.00. The maximum absolute atomic E-state index is 11.3. The summed E-state index contributed by atoms with van der Waals surface area (Å²) < 4.78 is 5.26. The van der Waals surface area contributed by atoms with Crippen LogP contribution in [0.1, 0.15) is 42.9 Å². The number of aliphatic hydroxyl groups excluding tert-OH is 1. The molecule has 0 amide bonds. The predicted octanol–water partition coefficient (Wildman–Crippen LogP) is 3.20. The number of hydrogen-bond donors (Lipinski definition) is 4. The number of hydrogen-bond acceptors (Lipinski definition) is 7. The van der Waals surface area contributed by atoms with Crippen LogP contribution in [0.4, 0.5) is 0 Å². The van der Waals surface area contributed by atoms with Crippen LogP contribution in [0.15, 0.2) is 12.2 Å². The van der Waals surface area contributed by atoms with E-state index in [1.54, 1.807) is 10.8 Å². The first-order valence-corrected chi connectivity index (χ1v) is 10.7. The van der Waals surface area contributed by atoms with Gasteiger partial charge in [-0.3, -0.25) is 4.79 Å². The first kappa shape index (κ1) is 28.7. The number of Topliss-reactive ketones (excluding diaryl/α,β-unsaturated/α-hetero) is 1. The van der Waals surface area contributed by atoms with E-state index in [1.165, 1.54) is 0 Å². The van der Waals surface area contributed by atoms with Crippen molar-refractivity contribution in [2.75, 3.05) is 52.3 Å². The minimum absolute atomic E-state index is 0. The Hall–Kier alpha value is -0.0500. The highest BCUT2D eigenvalue weighted by molar-refractivity contribution is 8.68. The van der Waals surface area contributed by atoms with E-state index in [0.29, 0.717) is 39.1 Å². The molecule has 0 radical (unpaired) electrons. The van der Waals surface area contributed by atoms with E-state index in [2.05, 4.69) is 22.3 Å². The van der Waals surface area contributed by atoms with Gasteiger partial charge in [0.05, 0.1) is 19.8 Å². The lowest BCUT2D eigenvalue weighted by atomic mass is 10.2. The monoisotopic (exact) mass is 386 g/mol. The van der Waals surface area contributed by atoms with Crippen LogP contribution in [-0.4, -0.2) is 63.1 Å². The zero-order valence-electron chi connectivity index (χ0n) is 15.8. The standard InChI is InChI=1S/C12H23NO3.C3H9NS2.C2H6.2H2/c1-2-3-9-16-10-7-13-11-12(15)6-4-5-8-14;1-4-2-3-6-5;1-2;;/h2-3,13-14H,4-11H2,1H3;4-5H,2-3H2,1H3;1-2H3;2*1H/b3-2+;;;;. The van der Waals surface area contributed by atoms with Gasteiger partial charge >= 0.3 is 0 Å². The zero-order valence-corrected chi connectivity index (χ0v) is 17.6. The third-order valence-electron chi connectivity index (χ3n) is 2.50. The van der Waals surface area contributed by atoms with E-state index in [9.17, 15) is 4.79 Å². The number of rotatable bonds is 14. The molecule has 0 unspecified atom stereocenters. The minimum Gasteiger partial charge on any atom is -0.396 e. The number of carbonyl (C=O) groups is 1. The quantitative estimate of drug-likeness (QED) is 0.159. The number of nitrogens with one attached hydrogen (secondary N) is 2. The van der Waals surface area contributed by atoms with Gasteiger partial charge in [0.2, 0.25) is 0 Å². The molecule has 0 atom stereocenters. The molecule has 150 valence electrons. The third-order valence-corrected chi connectivity index (χ3v) is 3.44. The summed E-state index contributed by atoms with van der Waals surface area (Å²) in [6, 6.07) is 0. The van der Waals surface area contributed by atoms with Crippen molar-refractivity contribution in [3.8, 4) is 0 Å². The van der Waals surface area contributed by atoms with Crippen LogP contribution >= 0.6 is 22.5 Å². The number of ether oxygens (including phenoxy) is 1. The van der Waals surface area contributed by atoms with E-state index in [1.807, 2.05) is 40.0 Å². The van der Waals surface area contributed by atoms with Crippen molar-refractivity contribution >= 4 is 28.2 Å². The summed E-state index contributed by atoms with van der Waals surface area (Å²) in [5, 5.41) is 14.6. The SMILES string of the molecule is C/C=C/COCCNCC(=O)CCCCO.CC.CNCCSS.[HH].[HH]. The molecule has 0 heterocycles. The molecule has 0 fully saturated rings. The van der Waals surface area contributed by atoms with Gasteiger partial charge < -0.3 is 20.5 Å². The van der Waals surface area contributed by atoms with E-state index in [0.717, 1.165) is 18.7 Å². The molecule has 0 aliphatic rings. The summed E-state index contributed by atoms with van der Waals surface area (Å²) in [5.74, 6) is 1.28. The molecule has 0 rings (SSSR count). The normalized spacial score (nSPS) is 9.92. The van der Waals surface area contributed by atoms with Crippen LogP contribution in [0.25, 0.3) is 0 Å². The van der Waals surface area contributed by atoms with Crippen molar-refractivity contribution in [3.63, 3.8) is 0 Å². The van der Waals surface area contributed by atoms with Crippen LogP contribution in [0, 0.1) is 0 Å². The Morgan fingerprint density at radius 1 is 1.33 bits per heavy atom. The molecule has 0 bridgehead atoms. The van der Waals surface area contributed by atoms with Gasteiger partial charge in [-0.25, -0.2) is 0 Å². The Balaban J connectivity index is -0.000000125. The first-order valence-electron chi connectivity index (χ1n) is 8.66. The van der Waals surface area contributed by atoms with E-state index in [4.69, 9.17) is 9.84 Å². The minimum atomic E-state index is 0. The number of ketones is 1. The molecular formula is C17H42N2O3S2. The van der Waals surface area contributed by atoms with Gasteiger partial charge in [-0.2, -0.15) is 0 Å². The number of unbranched alkanes of at least 4 members (excludes halogenated alkanes) is 1. The number of thiol groups is 1. The summed E-state index contributed by atoms with van der Waals surface area (Å²) in [6.07, 6.45) is 5.91. The van der Waals surface area contributed by atoms with Crippen LogP contribution < -0.4 is 10.6 Å². The Kier molecular flexibility index (Phi) is 36.9. The van der Waals surface area contributed by atoms with Crippen molar-refractivity contribution in [2.45, 2.75) is 40.0 Å². The second-order valence-electron chi connectivity index (χ2n) is 4.48. The molecule has 0 spiro atoms. The van der Waals surface area contributed by atoms with Gasteiger partial charge in [0.15, 0.2) is 0 Å². The van der Waals surface area contributed by atoms with Gasteiger partial charge in [-0.1, -0.05) is 36.8 Å². The molecule has 0 aliphatic carbocycles. The summed E-state index contributed by atoms with van der Waals surface area (Å²) in [7, 11) is 3.49. The maximum Gasteiger partial charge on any atom is 0.146 e. The summed E-state index contributed by atoms with van der Waals surface area (Å²) in [4.78, 5) is 11.3. The van der Waals surface area contributed by atoms with Gasteiger partial charge in [-0.15, -0.1) is 11.7 Å². The largest absolute Gasteiger partial charge is 0.396 e. The Morgan fingerprint density at radius 2 is 2.04 bits per heavy atom. The first-order chi connectivity index (χ1) is 11.7. The fraction of sp³-hybridized carbons (Fsp3) is 0.824. The lowest BCUT2D eigenvalue weighted by Gasteiger charge is -2.04.